The van der Waals surface area contributed by atoms with Gasteiger partial charge in [0.2, 0.25) is 11.9 Å². The largest absolute Gasteiger partial charge is 0.294 e. The lowest BCUT2D eigenvalue weighted by Gasteiger charge is -2.23. The zero-order valence-corrected chi connectivity index (χ0v) is 18.6. The van der Waals surface area contributed by atoms with E-state index in [1.54, 1.807) is 34.6 Å². The Labute approximate surface area is 196 Å². The van der Waals surface area contributed by atoms with Gasteiger partial charge in [-0.3, -0.25) is 19.7 Å². The summed E-state index contributed by atoms with van der Waals surface area (Å²) >= 11 is 0. The number of rotatable bonds is 12. The topological polar surface area (TPSA) is 95.4 Å². The van der Waals surface area contributed by atoms with E-state index in [0.29, 0.717) is 36.2 Å². The molecule has 9 heteroatoms. The van der Waals surface area contributed by atoms with Gasteiger partial charge in [-0.15, -0.1) is 0 Å². The summed E-state index contributed by atoms with van der Waals surface area (Å²) in [7, 11) is 0. The van der Waals surface area contributed by atoms with Crippen LogP contribution >= 0.6 is 0 Å². The molecule has 1 heterocycles. The summed E-state index contributed by atoms with van der Waals surface area (Å²) in [5.41, 5.74) is 3.17. The third kappa shape index (κ3) is 7.14. The molecule has 0 unspecified atom stereocenters. The van der Waals surface area contributed by atoms with Crippen molar-refractivity contribution in [2.45, 2.75) is 44.9 Å². The highest BCUT2D eigenvalue weighted by molar-refractivity contribution is 5.95. The lowest BCUT2D eigenvalue weighted by molar-refractivity contribution is -0.129. The van der Waals surface area contributed by atoms with Gasteiger partial charge in [-0.1, -0.05) is 19.3 Å². The van der Waals surface area contributed by atoms with E-state index in [9.17, 15) is 18.4 Å². The standard InChI is InChI=1S/C25H26F2N4O3/c26-19-8-12-21(13-9-19)31(22-14-10-20(27)11-15-22)25-28-16-18(17-29-25)23(32)6-4-2-1-3-5-7-24(33)30-34/h8-17,34H,1-7H2,(H,30,33). The number of aromatic nitrogens is 2. The van der Waals surface area contributed by atoms with Crippen molar-refractivity contribution in [1.29, 1.82) is 0 Å². The number of hydrogen-bond donors (Lipinski definition) is 2. The Hall–Kier alpha value is -3.72. The highest BCUT2D eigenvalue weighted by Gasteiger charge is 2.16. The molecule has 3 aromatic rings. The van der Waals surface area contributed by atoms with Gasteiger partial charge < -0.3 is 0 Å². The number of ketones is 1. The number of halogens is 2. The third-order valence-electron chi connectivity index (χ3n) is 5.26. The Morgan fingerprint density at radius 1 is 0.765 bits per heavy atom. The molecule has 0 bridgehead atoms. The van der Waals surface area contributed by atoms with Crippen LogP contribution in [0.5, 0.6) is 0 Å². The predicted octanol–water partition coefficient (Wildman–Crippen LogP) is 5.64. The molecule has 1 amide bonds. The van der Waals surface area contributed by atoms with Gasteiger partial charge in [-0.2, -0.15) is 0 Å². The highest BCUT2D eigenvalue weighted by atomic mass is 19.1. The minimum absolute atomic E-state index is 0.0682. The molecule has 2 N–H and O–H groups in total. The lowest BCUT2D eigenvalue weighted by Crippen LogP contribution is -2.17. The van der Waals surface area contributed by atoms with Crippen molar-refractivity contribution < 1.29 is 23.6 Å². The molecule has 0 aliphatic heterocycles. The molecular weight excluding hydrogens is 442 g/mol. The van der Waals surface area contributed by atoms with E-state index in [0.717, 1.165) is 19.3 Å². The summed E-state index contributed by atoms with van der Waals surface area (Å²) in [6, 6.07) is 11.5. The number of carbonyl (C=O) groups excluding carboxylic acids is 2. The maximum Gasteiger partial charge on any atom is 0.243 e. The second-order valence-electron chi connectivity index (χ2n) is 7.79. The average Bonchev–Trinajstić information content (AvgIpc) is 2.86. The summed E-state index contributed by atoms with van der Waals surface area (Å²) in [5, 5.41) is 8.45. The average molecular weight is 469 g/mol. The monoisotopic (exact) mass is 468 g/mol. The smallest absolute Gasteiger partial charge is 0.243 e. The minimum atomic E-state index is -0.393. The first-order valence-corrected chi connectivity index (χ1v) is 11.1. The van der Waals surface area contributed by atoms with Crippen LogP contribution < -0.4 is 10.4 Å². The minimum Gasteiger partial charge on any atom is -0.294 e. The van der Waals surface area contributed by atoms with Crippen LogP contribution in [0.3, 0.4) is 0 Å². The van der Waals surface area contributed by atoms with Crippen molar-refractivity contribution in [2.75, 3.05) is 4.90 Å². The van der Waals surface area contributed by atoms with Crippen molar-refractivity contribution in [1.82, 2.24) is 15.4 Å². The summed E-state index contributed by atoms with van der Waals surface area (Å²) in [5.74, 6) is -0.972. The number of Topliss-reactive ketones (excluding diaryl/α,β-unsaturated/α-hetero) is 1. The number of amides is 1. The molecule has 3 rings (SSSR count). The quantitative estimate of drug-likeness (QED) is 0.155. The Morgan fingerprint density at radius 3 is 1.74 bits per heavy atom. The number of carbonyl (C=O) groups is 2. The third-order valence-corrected chi connectivity index (χ3v) is 5.26. The SMILES string of the molecule is O=C(CCCCCCCC(=O)c1cnc(N(c2ccc(F)cc2)c2ccc(F)cc2)nc1)NO. The molecule has 0 aliphatic rings. The number of nitrogens with one attached hydrogen (secondary N) is 1. The van der Waals surface area contributed by atoms with Crippen LogP contribution in [0, 0.1) is 11.6 Å². The fourth-order valence-corrected chi connectivity index (χ4v) is 3.44. The van der Waals surface area contributed by atoms with E-state index in [1.165, 1.54) is 36.7 Å². The predicted molar refractivity (Wildman–Crippen MR) is 123 cm³/mol. The van der Waals surface area contributed by atoms with Crippen LogP contribution in [-0.2, 0) is 4.79 Å². The molecule has 0 saturated carbocycles. The Kier molecular flexibility index (Phi) is 9.16. The molecule has 178 valence electrons. The zero-order valence-electron chi connectivity index (χ0n) is 18.6. The second kappa shape index (κ2) is 12.5. The lowest BCUT2D eigenvalue weighted by atomic mass is 10.1. The van der Waals surface area contributed by atoms with Crippen LogP contribution in [0.25, 0.3) is 0 Å². The van der Waals surface area contributed by atoms with Crippen LogP contribution in [-0.4, -0.2) is 26.9 Å². The van der Waals surface area contributed by atoms with E-state index in [4.69, 9.17) is 5.21 Å². The van der Waals surface area contributed by atoms with Gasteiger partial charge in [0.05, 0.1) is 5.56 Å². The fourth-order valence-electron chi connectivity index (χ4n) is 3.44. The van der Waals surface area contributed by atoms with E-state index < -0.39 is 5.91 Å². The molecule has 1 aromatic heterocycles. The molecule has 34 heavy (non-hydrogen) atoms. The van der Waals surface area contributed by atoms with E-state index >= 15 is 0 Å². The fraction of sp³-hybridized carbons (Fsp3) is 0.280. The first-order chi connectivity index (χ1) is 16.5. The Bertz CT molecular complexity index is 1030. The van der Waals surface area contributed by atoms with Crippen molar-refractivity contribution in [3.63, 3.8) is 0 Å². The van der Waals surface area contributed by atoms with E-state index in [-0.39, 0.29) is 29.8 Å². The molecule has 0 saturated heterocycles. The van der Waals surface area contributed by atoms with Gasteiger partial charge in [0.1, 0.15) is 11.6 Å². The molecule has 2 aromatic carbocycles. The summed E-state index contributed by atoms with van der Waals surface area (Å²) in [6.45, 7) is 0. The summed E-state index contributed by atoms with van der Waals surface area (Å²) in [4.78, 5) is 33.8. The molecular formula is C25H26F2N4O3. The number of unbranched alkanes of at least 4 members (excludes halogenated alkanes) is 4. The number of anilines is 3. The Morgan fingerprint density at radius 2 is 1.24 bits per heavy atom. The number of hydroxylamine groups is 1. The zero-order chi connectivity index (χ0) is 24.3. The first-order valence-electron chi connectivity index (χ1n) is 11.1. The van der Waals surface area contributed by atoms with E-state index in [2.05, 4.69) is 9.97 Å². The normalized spacial score (nSPS) is 10.7. The van der Waals surface area contributed by atoms with E-state index in [1.807, 2.05) is 0 Å². The molecule has 0 fully saturated rings. The highest BCUT2D eigenvalue weighted by Crippen LogP contribution is 2.32. The van der Waals surface area contributed by atoms with Crippen LogP contribution in [0.15, 0.2) is 60.9 Å². The van der Waals surface area contributed by atoms with Crippen LogP contribution in [0.4, 0.5) is 26.1 Å². The molecule has 0 aliphatic carbocycles. The number of benzene rings is 2. The summed E-state index contributed by atoms with van der Waals surface area (Å²) < 4.78 is 26.8. The maximum atomic E-state index is 13.4. The van der Waals surface area contributed by atoms with Gasteiger partial charge in [0.25, 0.3) is 0 Å². The van der Waals surface area contributed by atoms with Gasteiger partial charge >= 0.3 is 0 Å². The van der Waals surface area contributed by atoms with Crippen molar-refractivity contribution in [3.05, 3.63) is 78.1 Å². The molecule has 0 spiro atoms. The maximum absolute atomic E-state index is 13.4. The van der Waals surface area contributed by atoms with Gasteiger partial charge in [0.15, 0.2) is 5.78 Å². The van der Waals surface area contributed by atoms with Crippen molar-refractivity contribution in [2.24, 2.45) is 0 Å². The van der Waals surface area contributed by atoms with Crippen molar-refractivity contribution in [3.8, 4) is 0 Å². The Balaban J connectivity index is 1.61. The molecule has 0 atom stereocenters. The molecule has 0 radical (unpaired) electrons. The number of hydrogen-bond acceptors (Lipinski definition) is 6. The van der Waals surface area contributed by atoms with Crippen molar-refractivity contribution >= 4 is 29.0 Å². The first kappa shape index (κ1) is 24.9. The van der Waals surface area contributed by atoms with Crippen LogP contribution in [0.2, 0.25) is 0 Å². The van der Waals surface area contributed by atoms with Gasteiger partial charge in [-0.25, -0.2) is 24.2 Å². The second-order valence-corrected chi connectivity index (χ2v) is 7.79. The summed E-state index contributed by atoms with van der Waals surface area (Å²) in [6.07, 6.45) is 7.56. The molecule has 7 nitrogen and oxygen atoms in total. The number of nitrogens with zero attached hydrogens (tertiary/aromatic N) is 3. The van der Waals surface area contributed by atoms with Gasteiger partial charge in [-0.05, 0) is 61.4 Å². The van der Waals surface area contributed by atoms with Crippen LogP contribution in [0.1, 0.15) is 55.3 Å². The van der Waals surface area contributed by atoms with Gasteiger partial charge in [0, 0.05) is 36.6 Å².